The predicted octanol–water partition coefficient (Wildman–Crippen LogP) is 1.95. The molecule has 0 saturated heterocycles. The van der Waals surface area contributed by atoms with Gasteiger partial charge in [0.1, 0.15) is 5.82 Å². The molecule has 21 heavy (non-hydrogen) atoms. The molecule has 1 aliphatic heterocycles. The number of nitrogens with one attached hydrogen (secondary N) is 2. The van der Waals surface area contributed by atoms with Gasteiger partial charge in [-0.15, -0.1) is 0 Å². The van der Waals surface area contributed by atoms with Crippen molar-refractivity contribution in [1.82, 2.24) is 15.3 Å². The van der Waals surface area contributed by atoms with Crippen molar-refractivity contribution in [3.63, 3.8) is 0 Å². The molecule has 0 spiro atoms. The Hall–Kier alpha value is -2.34. The number of thiocarbonyl (C=S) groups is 1. The van der Waals surface area contributed by atoms with Crippen LogP contribution in [0.4, 0.5) is 0 Å². The van der Waals surface area contributed by atoms with Crippen molar-refractivity contribution >= 4 is 28.8 Å². The third kappa shape index (κ3) is 1.76. The van der Waals surface area contributed by atoms with E-state index in [4.69, 9.17) is 12.2 Å². The highest BCUT2D eigenvalue weighted by atomic mass is 32.1. The molecule has 2 N–H and O–H groups in total. The lowest BCUT2D eigenvalue weighted by molar-refractivity contribution is 0.0943. The van der Waals surface area contributed by atoms with Crippen LogP contribution in [-0.2, 0) is 0 Å². The maximum atomic E-state index is 12.7. The fraction of sp³-hybridized carbons (Fsp3) is 0.200. The van der Waals surface area contributed by atoms with Crippen LogP contribution < -0.4 is 5.32 Å². The number of aromatic amines is 1. The molecule has 2 atom stereocenters. The number of rotatable bonds is 1. The summed E-state index contributed by atoms with van der Waals surface area (Å²) >= 11 is 5.24. The number of carbonyl (C=O) groups excluding carboxylic acids is 1. The van der Waals surface area contributed by atoms with Crippen LogP contribution in [-0.4, -0.2) is 26.6 Å². The normalized spacial score (nSPS) is 23.4. The SMILES string of the molecule is Cc1ncc(C2NC(=S)N=C3c4ccccc4C(=O)C32)[nH]1. The van der Waals surface area contributed by atoms with E-state index in [1.54, 1.807) is 6.20 Å². The first-order chi connectivity index (χ1) is 10.1. The number of fused-ring (bicyclic) bond motifs is 3. The van der Waals surface area contributed by atoms with E-state index in [0.717, 1.165) is 22.8 Å². The largest absolute Gasteiger partial charge is 0.351 e. The molecule has 1 aliphatic carbocycles. The van der Waals surface area contributed by atoms with E-state index in [-0.39, 0.29) is 17.7 Å². The molecule has 0 amide bonds. The Morgan fingerprint density at radius 3 is 2.71 bits per heavy atom. The number of imidazole rings is 1. The van der Waals surface area contributed by atoms with Gasteiger partial charge in [0, 0.05) is 11.1 Å². The zero-order valence-electron chi connectivity index (χ0n) is 11.3. The fourth-order valence-electron chi connectivity index (χ4n) is 3.03. The predicted molar refractivity (Wildman–Crippen MR) is 82.6 cm³/mol. The first kappa shape index (κ1) is 12.4. The summed E-state index contributed by atoms with van der Waals surface area (Å²) < 4.78 is 0. The zero-order chi connectivity index (χ0) is 14.6. The van der Waals surface area contributed by atoms with Gasteiger partial charge in [0.05, 0.1) is 29.6 Å². The summed E-state index contributed by atoms with van der Waals surface area (Å²) in [5.74, 6) is 0.537. The van der Waals surface area contributed by atoms with Crippen LogP contribution in [0.15, 0.2) is 35.5 Å². The van der Waals surface area contributed by atoms with Gasteiger partial charge in [-0.05, 0) is 19.1 Å². The van der Waals surface area contributed by atoms with Gasteiger partial charge >= 0.3 is 0 Å². The Morgan fingerprint density at radius 1 is 1.24 bits per heavy atom. The minimum Gasteiger partial charge on any atom is -0.351 e. The van der Waals surface area contributed by atoms with E-state index < -0.39 is 0 Å². The second-order valence-electron chi connectivity index (χ2n) is 5.24. The number of Topliss-reactive ketones (excluding diaryl/α,β-unsaturated/α-hetero) is 1. The number of H-pyrrole nitrogens is 1. The monoisotopic (exact) mass is 296 g/mol. The van der Waals surface area contributed by atoms with Crippen LogP contribution in [0.1, 0.15) is 33.5 Å². The molecule has 2 aromatic rings. The Balaban J connectivity index is 1.87. The lowest BCUT2D eigenvalue weighted by Crippen LogP contribution is -2.41. The molecule has 2 heterocycles. The van der Waals surface area contributed by atoms with Gasteiger partial charge in [-0.1, -0.05) is 24.3 Å². The standard InChI is InChI=1S/C15H12N4OS/c1-7-16-6-10(17-7)13-11-12(18-15(21)19-13)8-4-2-3-5-9(8)14(11)20/h2-6,11,13H,1H3,(H,16,17)(H,19,21). The zero-order valence-corrected chi connectivity index (χ0v) is 12.1. The van der Waals surface area contributed by atoms with Crippen molar-refractivity contribution in [1.29, 1.82) is 0 Å². The Labute approximate surface area is 126 Å². The van der Waals surface area contributed by atoms with Gasteiger partial charge < -0.3 is 10.3 Å². The van der Waals surface area contributed by atoms with Gasteiger partial charge in [0.25, 0.3) is 0 Å². The molecular weight excluding hydrogens is 284 g/mol. The minimum absolute atomic E-state index is 0.0802. The van der Waals surface area contributed by atoms with E-state index in [1.165, 1.54) is 0 Å². The van der Waals surface area contributed by atoms with Gasteiger partial charge in [-0.25, -0.2) is 9.98 Å². The van der Waals surface area contributed by atoms with Gasteiger partial charge in [0.15, 0.2) is 10.9 Å². The minimum atomic E-state index is -0.353. The van der Waals surface area contributed by atoms with E-state index in [0.29, 0.717) is 10.7 Å². The maximum Gasteiger partial charge on any atom is 0.193 e. The molecule has 6 heteroatoms. The van der Waals surface area contributed by atoms with Crippen molar-refractivity contribution in [3.8, 4) is 0 Å². The smallest absolute Gasteiger partial charge is 0.193 e. The number of benzene rings is 1. The summed E-state index contributed by atoms with van der Waals surface area (Å²) in [6.07, 6.45) is 1.74. The molecule has 1 aromatic heterocycles. The summed E-state index contributed by atoms with van der Waals surface area (Å²) in [5, 5.41) is 3.54. The fourth-order valence-corrected chi connectivity index (χ4v) is 3.26. The van der Waals surface area contributed by atoms with Crippen LogP contribution in [0, 0.1) is 12.8 Å². The van der Waals surface area contributed by atoms with E-state index in [2.05, 4.69) is 20.3 Å². The van der Waals surface area contributed by atoms with Gasteiger partial charge in [-0.2, -0.15) is 0 Å². The number of hydrogen-bond donors (Lipinski definition) is 2. The van der Waals surface area contributed by atoms with Crippen molar-refractivity contribution in [2.24, 2.45) is 10.9 Å². The van der Waals surface area contributed by atoms with Crippen LogP contribution >= 0.6 is 12.2 Å². The molecule has 0 bridgehead atoms. The quantitative estimate of drug-likeness (QED) is 0.789. The molecular formula is C15H12N4OS. The molecule has 1 aromatic carbocycles. The number of aromatic nitrogens is 2. The summed E-state index contributed by atoms with van der Waals surface area (Å²) in [4.78, 5) is 24.5. The van der Waals surface area contributed by atoms with Crippen molar-refractivity contribution in [2.45, 2.75) is 13.0 Å². The van der Waals surface area contributed by atoms with Crippen LogP contribution in [0.2, 0.25) is 0 Å². The summed E-state index contributed by atoms with van der Waals surface area (Å²) in [6.45, 7) is 1.88. The molecule has 0 fully saturated rings. The van der Waals surface area contributed by atoms with Crippen molar-refractivity contribution < 1.29 is 4.79 Å². The third-order valence-electron chi connectivity index (χ3n) is 3.94. The summed E-state index contributed by atoms with van der Waals surface area (Å²) in [5.41, 5.74) is 3.22. The number of aryl methyl sites for hydroxylation is 1. The van der Waals surface area contributed by atoms with E-state index in [1.807, 2.05) is 31.2 Å². The molecule has 5 nitrogen and oxygen atoms in total. The molecule has 0 saturated carbocycles. The maximum absolute atomic E-state index is 12.7. The highest BCUT2D eigenvalue weighted by Crippen LogP contribution is 2.37. The Morgan fingerprint density at radius 2 is 2.00 bits per heavy atom. The second kappa shape index (κ2) is 4.33. The first-order valence-electron chi connectivity index (χ1n) is 6.69. The van der Waals surface area contributed by atoms with E-state index >= 15 is 0 Å². The number of hydrogen-bond acceptors (Lipinski definition) is 3. The number of ketones is 1. The third-order valence-corrected chi connectivity index (χ3v) is 4.15. The Bertz CT molecular complexity index is 808. The van der Waals surface area contributed by atoms with E-state index in [9.17, 15) is 4.79 Å². The van der Waals surface area contributed by atoms with Gasteiger partial charge in [0.2, 0.25) is 0 Å². The average Bonchev–Trinajstić information content (AvgIpc) is 3.02. The van der Waals surface area contributed by atoms with Crippen molar-refractivity contribution in [3.05, 3.63) is 53.1 Å². The molecule has 2 unspecified atom stereocenters. The first-order valence-corrected chi connectivity index (χ1v) is 7.10. The lowest BCUT2D eigenvalue weighted by atomic mass is 9.90. The topological polar surface area (TPSA) is 70.1 Å². The lowest BCUT2D eigenvalue weighted by Gasteiger charge is -2.27. The van der Waals surface area contributed by atoms with Crippen LogP contribution in [0.3, 0.4) is 0 Å². The summed E-state index contributed by atoms with van der Waals surface area (Å²) in [7, 11) is 0. The van der Waals surface area contributed by atoms with Crippen LogP contribution in [0.25, 0.3) is 0 Å². The molecule has 0 radical (unpaired) electrons. The average molecular weight is 296 g/mol. The Kier molecular flexibility index (Phi) is 2.56. The highest BCUT2D eigenvalue weighted by Gasteiger charge is 2.45. The summed E-state index contributed by atoms with van der Waals surface area (Å²) in [6, 6.07) is 7.31. The second-order valence-corrected chi connectivity index (χ2v) is 5.62. The van der Waals surface area contributed by atoms with Crippen LogP contribution in [0.5, 0.6) is 0 Å². The molecule has 4 rings (SSSR count). The number of aliphatic imine (C=N–C) groups is 1. The number of carbonyl (C=O) groups is 1. The molecule has 104 valence electrons. The van der Waals surface area contributed by atoms with Crippen molar-refractivity contribution in [2.75, 3.05) is 0 Å². The highest BCUT2D eigenvalue weighted by molar-refractivity contribution is 7.80. The van der Waals surface area contributed by atoms with Gasteiger partial charge in [-0.3, -0.25) is 4.79 Å². The number of nitrogens with zero attached hydrogens (tertiary/aromatic N) is 2. The molecule has 2 aliphatic rings.